The van der Waals surface area contributed by atoms with E-state index in [-0.39, 0.29) is 4.96 Å². The van der Waals surface area contributed by atoms with Crippen LogP contribution in [0.3, 0.4) is 0 Å². The van der Waals surface area contributed by atoms with Crippen LogP contribution in [0.2, 0.25) is 5.02 Å². The number of rotatable bonds is 3. The van der Waals surface area contributed by atoms with Crippen molar-refractivity contribution in [3.8, 4) is 16.3 Å². The van der Waals surface area contributed by atoms with Crippen LogP contribution in [0, 0.1) is 0 Å². The lowest BCUT2D eigenvalue weighted by atomic mass is 10.2. The number of hydrogen-bond donors (Lipinski definition) is 0. The van der Waals surface area contributed by atoms with E-state index in [1.807, 2.05) is 0 Å². The fraction of sp³-hybridized carbons (Fsp3) is 0.0769. The van der Waals surface area contributed by atoms with Gasteiger partial charge in [0.2, 0.25) is 10.8 Å². The highest BCUT2D eigenvalue weighted by molar-refractivity contribution is 7.19. The summed E-state index contributed by atoms with van der Waals surface area (Å²) in [5.74, 6) is -0.735. The second-order valence-electron chi connectivity index (χ2n) is 4.74. The Morgan fingerprint density at radius 2 is 2.04 bits per heavy atom. The molecule has 3 aromatic heterocycles. The van der Waals surface area contributed by atoms with Crippen molar-refractivity contribution in [2.75, 3.05) is 0 Å². The first kappa shape index (κ1) is 15.4. The summed E-state index contributed by atoms with van der Waals surface area (Å²) < 4.78 is 29.2. The number of aromatic nitrogens is 6. The van der Waals surface area contributed by atoms with Crippen molar-refractivity contribution < 1.29 is 8.78 Å². The summed E-state index contributed by atoms with van der Waals surface area (Å²) in [6.07, 6.45) is 3.42. The zero-order chi connectivity index (χ0) is 16.9. The molecule has 122 valence electrons. The van der Waals surface area contributed by atoms with Gasteiger partial charge in [-0.25, -0.2) is 4.68 Å². The van der Waals surface area contributed by atoms with Crippen LogP contribution in [0.15, 0.2) is 36.7 Å². The van der Waals surface area contributed by atoms with Gasteiger partial charge in [-0.2, -0.15) is 23.5 Å². The van der Waals surface area contributed by atoms with Gasteiger partial charge in [-0.15, -0.1) is 10.2 Å². The molecular formula is C13H6Cl2F2N6S. The van der Waals surface area contributed by atoms with Crippen molar-refractivity contribution in [3.63, 3.8) is 0 Å². The van der Waals surface area contributed by atoms with Crippen LogP contribution in [0.4, 0.5) is 8.78 Å². The number of alkyl halides is 3. The maximum atomic E-state index is 13.3. The van der Waals surface area contributed by atoms with E-state index in [9.17, 15) is 8.78 Å². The molecule has 0 amide bonds. The van der Waals surface area contributed by atoms with E-state index < -0.39 is 11.2 Å². The standard InChI is InChI=1S/C13H6Cl2F2N6S/c14-9-3-2-7(22-5-1-4-18-22)6-8(9)10-21-23-11(13(15,16)17)19-20-12(23)24-10/h1-6H. The SMILES string of the molecule is FC(F)(Cl)c1nnc2sc(-c3cc(-n4cccn4)ccc3Cl)nn12. The first-order valence-corrected chi connectivity index (χ1v) is 8.10. The molecule has 0 atom stereocenters. The second kappa shape index (κ2) is 5.47. The molecule has 0 fully saturated rings. The summed E-state index contributed by atoms with van der Waals surface area (Å²) in [6, 6.07) is 7.02. The molecule has 4 rings (SSSR count). The molecule has 3 heterocycles. The topological polar surface area (TPSA) is 60.9 Å². The maximum Gasteiger partial charge on any atom is 0.383 e. The van der Waals surface area contributed by atoms with E-state index in [2.05, 4.69) is 20.4 Å². The smallest absolute Gasteiger partial charge is 0.241 e. The lowest BCUT2D eigenvalue weighted by Crippen LogP contribution is -2.10. The van der Waals surface area contributed by atoms with Gasteiger partial charge in [-0.1, -0.05) is 22.9 Å². The van der Waals surface area contributed by atoms with Crippen LogP contribution >= 0.6 is 34.5 Å². The Kier molecular flexibility index (Phi) is 3.52. The lowest BCUT2D eigenvalue weighted by Gasteiger charge is -2.05. The minimum absolute atomic E-state index is 0.195. The third-order valence-corrected chi connectivity index (χ3v) is 4.62. The van der Waals surface area contributed by atoms with E-state index in [1.165, 1.54) is 0 Å². The van der Waals surface area contributed by atoms with Crippen LogP contribution < -0.4 is 0 Å². The van der Waals surface area contributed by atoms with Crippen LogP contribution in [0.25, 0.3) is 21.2 Å². The van der Waals surface area contributed by atoms with Crippen LogP contribution in [-0.2, 0) is 5.38 Å². The third-order valence-electron chi connectivity index (χ3n) is 3.19. The Morgan fingerprint density at radius 1 is 1.21 bits per heavy atom. The van der Waals surface area contributed by atoms with Gasteiger partial charge in [0.1, 0.15) is 5.01 Å². The summed E-state index contributed by atoms with van der Waals surface area (Å²) in [5, 5.41) is 12.5. The first-order chi connectivity index (χ1) is 11.4. The second-order valence-corrected chi connectivity index (χ2v) is 6.58. The molecule has 6 nitrogen and oxygen atoms in total. The predicted octanol–water partition coefficient (Wildman–Crippen LogP) is 3.98. The Bertz CT molecular complexity index is 1020. The van der Waals surface area contributed by atoms with Gasteiger partial charge in [-0.3, -0.25) is 0 Å². The molecule has 0 unspecified atom stereocenters. The highest BCUT2D eigenvalue weighted by atomic mass is 35.5. The van der Waals surface area contributed by atoms with Crippen molar-refractivity contribution in [1.82, 2.24) is 29.6 Å². The highest BCUT2D eigenvalue weighted by Crippen LogP contribution is 2.36. The third kappa shape index (κ3) is 2.54. The molecule has 4 aromatic rings. The van der Waals surface area contributed by atoms with E-state index in [0.717, 1.165) is 21.5 Å². The Labute approximate surface area is 147 Å². The van der Waals surface area contributed by atoms with E-state index >= 15 is 0 Å². The van der Waals surface area contributed by atoms with Gasteiger partial charge >= 0.3 is 5.38 Å². The maximum absolute atomic E-state index is 13.3. The zero-order valence-electron chi connectivity index (χ0n) is 11.6. The largest absolute Gasteiger partial charge is 0.383 e. The molecular weight excluding hydrogens is 381 g/mol. The van der Waals surface area contributed by atoms with Gasteiger partial charge in [0.25, 0.3) is 0 Å². The lowest BCUT2D eigenvalue weighted by molar-refractivity contribution is 0.0821. The Hall–Kier alpha value is -2.10. The predicted molar refractivity (Wildman–Crippen MR) is 86.0 cm³/mol. The average Bonchev–Trinajstić information content (AvgIpc) is 3.22. The average molecular weight is 387 g/mol. The molecule has 24 heavy (non-hydrogen) atoms. The molecule has 0 radical (unpaired) electrons. The van der Waals surface area contributed by atoms with E-state index in [0.29, 0.717) is 15.6 Å². The summed E-state index contributed by atoms with van der Waals surface area (Å²) in [6.45, 7) is 0. The zero-order valence-corrected chi connectivity index (χ0v) is 13.9. The van der Waals surface area contributed by atoms with Crippen molar-refractivity contribution in [2.45, 2.75) is 5.38 Å². The van der Waals surface area contributed by atoms with Gasteiger partial charge < -0.3 is 0 Å². The molecule has 11 heteroatoms. The van der Waals surface area contributed by atoms with Crippen LogP contribution in [-0.4, -0.2) is 29.6 Å². The number of hydrogen-bond acceptors (Lipinski definition) is 5. The summed E-state index contributed by atoms with van der Waals surface area (Å²) in [4.78, 5) is 0.195. The Balaban J connectivity index is 1.86. The Morgan fingerprint density at radius 3 is 2.75 bits per heavy atom. The molecule has 0 saturated carbocycles. The van der Waals surface area contributed by atoms with Crippen LogP contribution in [0.1, 0.15) is 5.82 Å². The number of benzene rings is 1. The molecule has 0 spiro atoms. The first-order valence-electron chi connectivity index (χ1n) is 6.53. The summed E-state index contributed by atoms with van der Waals surface area (Å²) >= 11 is 12.3. The van der Waals surface area contributed by atoms with E-state index in [1.54, 1.807) is 41.3 Å². The monoisotopic (exact) mass is 386 g/mol. The number of nitrogens with zero attached hydrogens (tertiary/aromatic N) is 6. The van der Waals surface area contributed by atoms with Gasteiger partial charge in [0.05, 0.1) is 10.7 Å². The molecule has 0 bridgehead atoms. The number of halogens is 4. The van der Waals surface area contributed by atoms with E-state index in [4.69, 9.17) is 23.2 Å². The number of fused-ring (bicyclic) bond motifs is 1. The quantitative estimate of drug-likeness (QED) is 0.499. The van der Waals surface area contributed by atoms with Crippen LogP contribution in [0.5, 0.6) is 0 Å². The minimum atomic E-state index is -3.66. The fourth-order valence-corrected chi connectivity index (χ4v) is 3.39. The highest BCUT2D eigenvalue weighted by Gasteiger charge is 2.35. The summed E-state index contributed by atoms with van der Waals surface area (Å²) in [5.41, 5.74) is 1.33. The molecule has 0 saturated heterocycles. The minimum Gasteiger partial charge on any atom is -0.241 e. The molecule has 1 aromatic carbocycles. The van der Waals surface area contributed by atoms with Gasteiger partial charge in [0, 0.05) is 18.0 Å². The van der Waals surface area contributed by atoms with Gasteiger partial charge in [0.15, 0.2) is 0 Å². The molecule has 0 aliphatic carbocycles. The molecule has 0 aliphatic heterocycles. The van der Waals surface area contributed by atoms with Gasteiger partial charge in [-0.05, 0) is 35.9 Å². The van der Waals surface area contributed by atoms with Crippen molar-refractivity contribution in [1.29, 1.82) is 0 Å². The van der Waals surface area contributed by atoms with Crippen molar-refractivity contribution >= 4 is 39.5 Å². The van der Waals surface area contributed by atoms with Crippen molar-refractivity contribution in [2.24, 2.45) is 0 Å². The molecule has 0 aliphatic rings. The normalized spacial score (nSPS) is 12.2. The molecule has 0 N–H and O–H groups in total. The fourth-order valence-electron chi connectivity index (χ4n) is 2.14. The van der Waals surface area contributed by atoms with Crippen molar-refractivity contribution in [3.05, 3.63) is 47.5 Å². The summed E-state index contributed by atoms with van der Waals surface area (Å²) in [7, 11) is 0.